The highest BCUT2D eigenvalue weighted by Crippen LogP contribution is 2.56. The van der Waals surface area contributed by atoms with Crippen molar-refractivity contribution >= 4 is 46.2 Å². The number of hydrogen-bond acceptors (Lipinski definition) is 6. The summed E-state index contributed by atoms with van der Waals surface area (Å²) in [6.07, 6.45) is 1.77. The summed E-state index contributed by atoms with van der Waals surface area (Å²) in [5.41, 5.74) is 3.09. The summed E-state index contributed by atoms with van der Waals surface area (Å²) in [5.74, 6) is -0.202. The van der Waals surface area contributed by atoms with E-state index in [4.69, 9.17) is 9.72 Å². The first-order valence-electron chi connectivity index (χ1n) is 17.4. The Kier molecular flexibility index (Phi) is 10.3. The predicted molar refractivity (Wildman–Crippen MR) is 195 cm³/mol. The highest BCUT2D eigenvalue weighted by Gasteiger charge is 2.48. The molecule has 2 fully saturated rings. The SMILES string of the molecule is C=CC(=O)N1CCC2(CC1)CC(n1c(NC(=O)c3ccc(C(F)F)s3)nc3cc(CN(C(=O)OCc4ccccc4)[C@@H](C)C(C)(C)C)ccc31)C2. The van der Waals surface area contributed by atoms with Crippen LogP contribution in [-0.2, 0) is 22.7 Å². The number of carbonyl (C=O) groups is 3. The van der Waals surface area contributed by atoms with E-state index in [0.717, 1.165) is 53.7 Å². The predicted octanol–water partition coefficient (Wildman–Crippen LogP) is 8.99. The second kappa shape index (κ2) is 14.6. The van der Waals surface area contributed by atoms with Gasteiger partial charge in [-0.2, -0.15) is 0 Å². The second-order valence-corrected chi connectivity index (χ2v) is 16.0. The molecule has 1 spiro atoms. The van der Waals surface area contributed by atoms with E-state index in [0.29, 0.717) is 24.6 Å². The molecule has 0 bridgehead atoms. The molecule has 6 rings (SSSR count). The van der Waals surface area contributed by atoms with Gasteiger partial charge in [-0.15, -0.1) is 11.3 Å². The topological polar surface area (TPSA) is 96.8 Å². The molecule has 2 aromatic carbocycles. The molecule has 270 valence electrons. The molecule has 4 aromatic rings. The van der Waals surface area contributed by atoms with Crippen LogP contribution in [0.5, 0.6) is 0 Å². The number of imidazole rings is 1. The van der Waals surface area contributed by atoms with Crippen LogP contribution in [0.15, 0.2) is 73.3 Å². The quantitative estimate of drug-likeness (QED) is 0.165. The smallest absolute Gasteiger partial charge is 0.410 e. The van der Waals surface area contributed by atoms with Crippen molar-refractivity contribution in [1.82, 2.24) is 19.4 Å². The Morgan fingerprint density at radius 2 is 1.78 bits per heavy atom. The maximum atomic E-state index is 13.6. The summed E-state index contributed by atoms with van der Waals surface area (Å²) < 4.78 is 34.5. The molecule has 1 N–H and O–H groups in total. The van der Waals surface area contributed by atoms with E-state index in [9.17, 15) is 23.2 Å². The molecule has 3 amide bonds. The number of hydrogen-bond donors (Lipinski definition) is 1. The molecule has 2 aliphatic rings. The number of aromatic nitrogens is 2. The third kappa shape index (κ3) is 7.85. The minimum absolute atomic E-state index is 0.0446. The van der Waals surface area contributed by atoms with E-state index in [2.05, 4.69) is 37.2 Å². The van der Waals surface area contributed by atoms with Gasteiger partial charge in [0.05, 0.1) is 20.8 Å². The lowest BCUT2D eigenvalue weighted by Gasteiger charge is -2.52. The van der Waals surface area contributed by atoms with Crippen molar-refractivity contribution in [2.24, 2.45) is 10.8 Å². The Morgan fingerprint density at radius 1 is 1.08 bits per heavy atom. The van der Waals surface area contributed by atoms with Crippen LogP contribution < -0.4 is 5.32 Å². The fourth-order valence-corrected chi connectivity index (χ4v) is 7.90. The number of halogens is 2. The van der Waals surface area contributed by atoms with Gasteiger partial charge >= 0.3 is 6.09 Å². The third-order valence-electron chi connectivity index (χ3n) is 10.6. The van der Waals surface area contributed by atoms with Crippen molar-refractivity contribution in [1.29, 1.82) is 0 Å². The Balaban J connectivity index is 1.27. The fraction of sp³-hybridized carbons (Fsp3) is 0.436. The number of rotatable bonds is 10. The van der Waals surface area contributed by atoms with Gasteiger partial charge in [0.25, 0.3) is 12.3 Å². The van der Waals surface area contributed by atoms with E-state index in [1.165, 1.54) is 18.2 Å². The zero-order chi connectivity index (χ0) is 36.5. The van der Waals surface area contributed by atoms with E-state index in [1.807, 2.05) is 60.4 Å². The van der Waals surface area contributed by atoms with Gasteiger partial charge in [-0.25, -0.2) is 18.6 Å². The summed E-state index contributed by atoms with van der Waals surface area (Å²) in [6.45, 7) is 13.7. The van der Waals surface area contributed by atoms with Gasteiger partial charge in [0, 0.05) is 31.7 Å². The number of benzene rings is 2. The van der Waals surface area contributed by atoms with Crippen molar-refractivity contribution in [3.8, 4) is 0 Å². The zero-order valence-electron chi connectivity index (χ0n) is 29.5. The second-order valence-electron chi connectivity index (χ2n) is 14.9. The Labute approximate surface area is 301 Å². The van der Waals surface area contributed by atoms with Gasteiger partial charge in [-0.1, -0.05) is 63.7 Å². The van der Waals surface area contributed by atoms with Crippen molar-refractivity contribution < 1.29 is 27.9 Å². The molecule has 0 radical (unpaired) electrons. The van der Waals surface area contributed by atoms with E-state index in [-0.39, 0.29) is 51.7 Å². The average molecular weight is 718 g/mol. The maximum absolute atomic E-state index is 13.6. The number of fused-ring (bicyclic) bond motifs is 1. The summed E-state index contributed by atoms with van der Waals surface area (Å²) in [6, 6.07) is 18.0. The van der Waals surface area contributed by atoms with Crippen molar-refractivity contribution in [3.05, 3.63) is 94.2 Å². The van der Waals surface area contributed by atoms with Crippen LogP contribution >= 0.6 is 11.3 Å². The van der Waals surface area contributed by atoms with Gasteiger partial charge in [0.15, 0.2) is 0 Å². The molecule has 3 heterocycles. The number of alkyl halides is 2. The Hall–Kier alpha value is -4.58. The first-order chi connectivity index (χ1) is 24.3. The molecule has 1 aliphatic carbocycles. The monoisotopic (exact) mass is 717 g/mol. The van der Waals surface area contributed by atoms with Crippen LogP contribution in [0.3, 0.4) is 0 Å². The number of likely N-dealkylation sites (tertiary alicyclic amines) is 1. The maximum Gasteiger partial charge on any atom is 0.410 e. The lowest BCUT2D eigenvalue weighted by Crippen LogP contribution is -2.48. The van der Waals surface area contributed by atoms with E-state index < -0.39 is 18.4 Å². The number of piperidine rings is 1. The Morgan fingerprint density at radius 3 is 2.41 bits per heavy atom. The molecule has 1 aliphatic heterocycles. The minimum Gasteiger partial charge on any atom is -0.445 e. The molecule has 1 saturated carbocycles. The lowest BCUT2D eigenvalue weighted by atomic mass is 9.60. The summed E-state index contributed by atoms with van der Waals surface area (Å²) in [7, 11) is 0. The van der Waals surface area contributed by atoms with Crippen LogP contribution in [0.2, 0.25) is 0 Å². The highest BCUT2D eigenvalue weighted by molar-refractivity contribution is 7.14. The molecular formula is C39H45F2N5O4S. The number of amides is 3. The van der Waals surface area contributed by atoms with Crippen molar-refractivity contribution in [2.75, 3.05) is 18.4 Å². The number of nitrogens with one attached hydrogen (secondary N) is 1. The summed E-state index contributed by atoms with van der Waals surface area (Å²) >= 11 is 0.762. The van der Waals surface area contributed by atoms with Gasteiger partial charge in [0.2, 0.25) is 11.9 Å². The number of ether oxygens (including phenoxy) is 1. The normalized spacial score (nSPS) is 16.6. The molecule has 12 heteroatoms. The van der Waals surface area contributed by atoms with Gasteiger partial charge < -0.3 is 19.1 Å². The first kappa shape index (κ1) is 36.2. The van der Waals surface area contributed by atoms with Crippen molar-refractivity contribution in [3.63, 3.8) is 0 Å². The van der Waals surface area contributed by atoms with E-state index >= 15 is 0 Å². The third-order valence-corrected chi connectivity index (χ3v) is 11.7. The minimum atomic E-state index is -2.66. The van der Waals surface area contributed by atoms with Crippen LogP contribution in [-0.4, -0.2) is 56.4 Å². The molecular weight excluding hydrogens is 673 g/mol. The van der Waals surface area contributed by atoms with E-state index in [1.54, 1.807) is 4.90 Å². The van der Waals surface area contributed by atoms with Crippen LogP contribution in [0.1, 0.15) is 91.5 Å². The van der Waals surface area contributed by atoms with Crippen molar-refractivity contribution in [2.45, 2.75) is 85.0 Å². The molecule has 9 nitrogen and oxygen atoms in total. The average Bonchev–Trinajstić information content (AvgIpc) is 3.73. The molecule has 51 heavy (non-hydrogen) atoms. The van der Waals surface area contributed by atoms with Gasteiger partial charge in [-0.05, 0) is 84.9 Å². The molecule has 1 atom stereocenters. The molecule has 2 aromatic heterocycles. The molecule has 0 unspecified atom stereocenters. The van der Waals surface area contributed by atoms with Crippen LogP contribution in [0.4, 0.5) is 19.5 Å². The van der Waals surface area contributed by atoms with Crippen LogP contribution in [0.25, 0.3) is 11.0 Å². The van der Waals surface area contributed by atoms with Gasteiger partial charge in [0.1, 0.15) is 6.61 Å². The number of thiophene rings is 1. The number of carbonyl (C=O) groups excluding carboxylic acids is 3. The lowest BCUT2D eigenvalue weighted by molar-refractivity contribution is -0.130. The summed E-state index contributed by atoms with van der Waals surface area (Å²) in [4.78, 5) is 47.5. The van der Waals surface area contributed by atoms with Crippen LogP contribution in [0, 0.1) is 10.8 Å². The fourth-order valence-electron chi connectivity index (χ4n) is 7.14. The standard InChI is InChI=1S/C39H45F2N5O4S/c1-6-33(47)44-18-16-39(17-19-44)21-28(22-39)46-30-13-12-27(20-29(30)42-36(46)43-35(48)32-15-14-31(51-32)34(40)41)23-45(25(2)38(3,4)5)37(49)50-24-26-10-8-7-9-11-26/h6-15,20,25,28,34H,1,16-19,21-24H2,2-5H3,(H,42,43,48)/t25-/m0/s1. The highest BCUT2D eigenvalue weighted by atomic mass is 32.1. The number of anilines is 1. The number of nitrogens with zero attached hydrogens (tertiary/aromatic N) is 4. The Bertz CT molecular complexity index is 1900. The first-order valence-corrected chi connectivity index (χ1v) is 18.2. The summed E-state index contributed by atoms with van der Waals surface area (Å²) in [5, 5.41) is 2.92. The largest absolute Gasteiger partial charge is 0.445 e. The molecule has 1 saturated heterocycles. The van der Waals surface area contributed by atoms with Gasteiger partial charge in [-0.3, -0.25) is 14.9 Å². The zero-order valence-corrected chi connectivity index (χ0v) is 30.3.